The van der Waals surface area contributed by atoms with Crippen LogP contribution in [-0.2, 0) is 0 Å². The van der Waals surface area contributed by atoms with Crippen LogP contribution in [0.15, 0.2) is 36.4 Å². The summed E-state index contributed by atoms with van der Waals surface area (Å²) in [7, 11) is 0. The molecule has 1 N–H and O–H groups in total. The number of hydrogen-bond donors (Lipinski definition) is 1. The average molecular weight is 374 g/mol. The number of carbonyl (C=O) groups excluding carboxylic acids is 1. The minimum absolute atomic E-state index is 0. The first-order valence-corrected chi connectivity index (χ1v) is 9.29. The molecule has 1 unspecified atom stereocenters. The van der Waals surface area contributed by atoms with Crippen molar-refractivity contribution in [2.45, 2.75) is 26.8 Å². The molecule has 0 bridgehead atoms. The van der Waals surface area contributed by atoms with Crippen LogP contribution in [0.5, 0.6) is 0 Å². The number of hydrogen-bond acceptors (Lipinski definition) is 2. The maximum Gasteiger partial charge on any atom is 0.255 e. The van der Waals surface area contributed by atoms with Gasteiger partial charge in [0.25, 0.3) is 5.91 Å². The van der Waals surface area contributed by atoms with Gasteiger partial charge in [0.15, 0.2) is 0 Å². The van der Waals surface area contributed by atoms with Gasteiger partial charge < -0.3 is 14.8 Å². The highest BCUT2D eigenvalue weighted by Crippen LogP contribution is 2.30. The summed E-state index contributed by atoms with van der Waals surface area (Å²) in [6.45, 7) is 10.3. The Kier molecular flexibility index (Phi) is 5.44. The average Bonchev–Trinajstić information content (AvgIpc) is 3.28. The molecule has 0 saturated carbocycles. The Morgan fingerprint density at radius 1 is 1.12 bits per heavy atom. The van der Waals surface area contributed by atoms with E-state index in [1.807, 2.05) is 6.07 Å². The Bertz CT molecular complexity index is 774. The molecule has 140 valence electrons. The number of likely N-dealkylation sites (tertiary alicyclic amines) is 1. The standard InChI is InChI=1S/C21H27N3O.ClH/c1-14-9-20(21(25)23-12-18-10-22-11-19(18)13-23)16(3)24(14)15(2)17-7-5-4-6-8-17;/h4-9,15,18-19,22H,10-13H2,1-3H3;1H/t15?,18-,19+;. The van der Waals surface area contributed by atoms with Gasteiger partial charge in [-0.2, -0.15) is 0 Å². The van der Waals surface area contributed by atoms with Gasteiger partial charge in [-0.25, -0.2) is 0 Å². The van der Waals surface area contributed by atoms with Gasteiger partial charge >= 0.3 is 0 Å². The van der Waals surface area contributed by atoms with E-state index in [2.05, 4.69) is 65.9 Å². The largest absolute Gasteiger partial charge is 0.341 e. The van der Waals surface area contributed by atoms with E-state index in [4.69, 9.17) is 0 Å². The van der Waals surface area contributed by atoms with Gasteiger partial charge in [0.05, 0.1) is 11.6 Å². The number of aromatic nitrogens is 1. The van der Waals surface area contributed by atoms with E-state index in [0.29, 0.717) is 11.8 Å². The summed E-state index contributed by atoms with van der Waals surface area (Å²) in [6, 6.07) is 12.8. The Morgan fingerprint density at radius 3 is 2.35 bits per heavy atom. The third-order valence-corrected chi connectivity index (χ3v) is 6.06. The van der Waals surface area contributed by atoms with E-state index in [-0.39, 0.29) is 24.4 Å². The minimum atomic E-state index is 0. The van der Waals surface area contributed by atoms with Crippen molar-refractivity contribution in [3.8, 4) is 0 Å². The molecule has 2 fully saturated rings. The van der Waals surface area contributed by atoms with Crippen LogP contribution in [0, 0.1) is 25.7 Å². The Hall–Kier alpha value is -1.78. The summed E-state index contributed by atoms with van der Waals surface area (Å²) >= 11 is 0. The predicted molar refractivity (Wildman–Crippen MR) is 107 cm³/mol. The molecule has 4 nitrogen and oxygen atoms in total. The topological polar surface area (TPSA) is 37.3 Å². The molecule has 0 spiro atoms. The summed E-state index contributed by atoms with van der Waals surface area (Å²) in [6.07, 6.45) is 0. The molecule has 0 radical (unpaired) electrons. The third kappa shape index (κ3) is 3.17. The molecule has 1 aromatic carbocycles. The van der Waals surface area contributed by atoms with Crippen molar-refractivity contribution in [2.75, 3.05) is 26.2 Å². The fourth-order valence-corrected chi connectivity index (χ4v) is 4.66. The SMILES string of the molecule is Cc1cc(C(=O)N2C[C@H]3CNC[C@H]3C2)c(C)n1C(C)c1ccccc1.Cl. The van der Waals surface area contributed by atoms with Crippen molar-refractivity contribution >= 4 is 18.3 Å². The third-order valence-electron chi connectivity index (χ3n) is 6.06. The molecule has 2 saturated heterocycles. The van der Waals surface area contributed by atoms with Gasteiger partial charge in [-0.15, -0.1) is 12.4 Å². The van der Waals surface area contributed by atoms with Gasteiger partial charge in [-0.3, -0.25) is 4.79 Å². The second-order valence-electron chi connectivity index (χ2n) is 7.63. The molecule has 4 rings (SSSR count). The molecule has 1 amide bonds. The van der Waals surface area contributed by atoms with Crippen LogP contribution in [0.3, 0.4) is 0 Å². The van der Waals surface area contributed by atoms with E-state index in [0.717, 1.165) is 43.1 Å². The highest BCUT2D eigenvalue weighted by Gasteiger charge is 2.39. The number of nitrogens with zero attached hydrogens (tertiary/aromatic N) is 2. The maximum absolute atomic E-state index is 13.1. The number of benzene rings is 1. The molecular formula is C21H28ClN3O. The predicted octanol–water partition coefficient (Wildman–Crippen LogP) is 3.43. The lowest BCUT2D eigenvalue weighted by Gasteiger charge is -2.20. The summed E-state index contributed by atoms with van der Waals surface area (Å²) < 4.78 is 2.29. The van der Waals surface area contributed by atoms with Gasteiger partial charge in [-0.1, -0.05) is 30.3 Å². The van der Waals surface area contributed by atoms with Gasteiger partial charge in [0.1, 0.15) is 0 Å². The van der Waals surface area contributed by atoms with E-state index in [1.54, 1.807) is 0 Å². The lowest BCUT2D eigenvalue weighted by molar-refractivity contribution is 0.0781. The van der Waals surface area contributed by atoms with E-state index in [9.17, 15) is 4.79 Å². The molecule has 26 heavy (non-hydrogen) atoms. The van der Waals surface area contributed by atoms with Crippen LogP contribution in [-0.4, -0.2) is 41.6 Å². The Morgan fingerprint density at radius 2 is 1.73 bits per heavy atom. The van der Waals surface area contributed by atoms with Gasteiger partial charge in [0, 0.05) is 37.6 Å². The normalized spacial score (nSPS) is 22.8. The summed E-state index contributed by atoms with van der Waals surface area (Å²) in [5, 5.41) is 3.44. The highest BCUT2D eigenvalue weighted by molar-refractivity contribution is 5.96. The number of amides is 1. The van der Waals surface area contributed by atoms with Crippen LogP contribution < -0.4 is 5.32 Å². The first-order valence-electron chi connectivity index (χ1n) is 9.29. The lowest BCUT2D eigenvalue weighted by atomic mass is 10.0. The first-order chi connectivity index (χ1) is 12.1. The highest BCUT2D eigenvalue weighted by atomic mass is 35.5. The minimum Gasteiger partial charge on any atom is -0.341 e. The zero-order valence-corrected chi connectivity index (χ0v) is 16.6. The lowest BCUT2D eigenvalue weighted by Crippen LogP contribution is -2.32. The summed E-state index contributed by atoms with van der Waals surface area (Å²) in [5.41, 5.74) is 4.37. The number of halogens is 1. The number of carbonyl (C=O) groups is 1. The van der Waals surface area contributed by atoms with E-state index >= 15 is 0 Å². The van der Waals surface area contributed by atoms with E-state index in [1.165, 1.54) is 5.56 Å². The number of fused-ring (bicyclic) bond motifs is 1. The second kappa shape index (κ2) is 7.45. The van der Waals surface area contributed by atoms with Crippen LogP contribution in [0.4, 0.5) is 0 Å². The van der Waals surface area contributed by atoms with Crippen molar-refractivity contribution in [3.05, 3.63) is 58.9 Å². The second-order valence-corrected chi connectivity index (χ2v) is 7.63. The quantitative estimate of drug-likeness (QED) is 0.895. The van der Waals surface area contributed by atoms with Crippen molar-refractivity contribution < 1.29 is 4.79 Å². The molecule has 1 aromatic heterocycles. The molecule has 2 aliphatic rings. The zero-order valence-electron chi connectivity index (χ0n) is 15.7. The van der Waals surface area contributed by atoms with Crippen LogP contribution >= 0.6 is 12.4 Å². The van der Waals surface area contributed by atoms with Gasteiger partial charge in [-0.05, 0) is 44.2 Å². The fraction of sp³-hybridized carbons (Fsp3) is 0.476. The number of nitrogens with one attached hydrogen (secondary N) is 1. The molecule has 3 heterocycles. The smallest absolute Gasteiger partial charge is 0.255 e. The van der Waals surface area contributed by atoms with Gasteiger partial charge in [0.2, 0.25) is 0 Å². The monoisotopic (exact) mass is 373 g/mol. The fourth-order valence-electron chi connectivity index (χ4n) is 4.66. The van der Waals surface area contributed by atoms with E-state index < -0.39 is 0 Å². The van der Waals surface area contributed by atoms with Crippen molar-refractivity contribution in [3.63, 3.8) is 0 Å². The summed E-state index contributed by atoms with van der Waals surface area (Å²) in [5.74, 6) is 1.47. The molecule has 2 aliphatic heterocycles. The van der Waals surface area contributed by atoms with Crippen LogP contribution in [0.2, 0.25) is 0 Å². The Balaban J connectivity index is 0.00000196. The Labute approximate surface area is 162 Å². The molecule has 0 aliphatic carbocycles. The molecular weight excluding hydrogens is 346 g/mol. The zero-order chi connectivity index (χ0) is 17.6. The molecule has 3 atom stereocenters. The van der Waals surface area contributed by atoms with Crippen LogP contribution in [0.1, 0.15) is 40.3 Å². The maximum atomic E-state index is 13.1. The van der Waals surface area contributed by atoms with Crippen molar-refractivity contribution in [1.82, 2.24) is 14.8 Å². The molecule has 2 aromatic rings. The van der Waals surface area contributed by atoms with Crippen molar-refractivity contribution in [2.24, 2.45) is 11.8 Å². The number of rotatable bonds is 3. The molecule has 5 heteroatoms. The van der Waals surface area contributed by atoms with Crippen molar-refractivity contribution in [1.29, 1.82) is 0 Å². The number of aryl methyl sites for hydroxylation is 1. The first kappa shape index (κ1) is 19.0. The summed E-state index contributed by atoms with van der Waals surface area (Å²) in [4.78, 5) is 15.2. The van der Waals surface area contributed by atoms with Crippen LogP contribution in [0.25, 0.3) is 0 Å².